The molecule has 3 aromatic rings. The number of methoxy groups -OCH3 is 1. The summed E-state index contributed by atoms with van der Waals surface area (Å²) in [6, 6.07) is 9.21. The Bertz CT molecular complexity index is 2010. The number of allylic oxidation sites excluding steroid dienone is 1. The number of hydrogen-bond donors (Lipinski definition) is 2. The zero-order chi connectivity index (χ0) is 38.7. The van der Waals surface area contributed by atoms with E-state index in [1.54, 1.807) is 18.1 Å². The summed E-state index contributed by atoms with van der Waals surface area (Å²) in [5.41, 5.74) is 3.09. The van der Waals surface area contributed by atoms with Gasteiger partial charge in [-0.05, 0) is 106 Å². The topological polar surface area (TPSA) is 130 Å². The van der Waals surface area contributed by atoms with Gasteiger partial charge in [0.15, 0.2) is 0 Å². The molecular weight excluding hydrogens is 696 g/mol. The molecule has 3 aliphatic rings. The molecule has 2 N–H and O–H groups in total. The fraction of sp³-hybridized carbons (Fsp3) is 0.439. The van der Waals surface area contributed by atoms with Crippen LogP contribution in [-0.2, 0) is 14.3 Å². The molecule has 0 radical (unpaired) electrons. The van der Waals surface area contributed by atoms with Gasteiger partial charge in [-0.3, -0.25) is 14.4 Å². The molecule has 286 valence electrons. The third-order valence-corrected chi connectivity index (χ3v) is 9.71. The summed E-state index contributed by atoms with van der Waals surface area (Å²) >= 11 is 0. The Labute approximate surface area is 313 Å². The van der Waals surface area contributed by atoms with E-state index < -0.39 is 60.0 Å². The van der Waals surface area contributed by atoms with Crippen molar-refractivity contribution in [2.45, 2.75) is 77.2 Å². The fourth-order valence-electron chi connectivity index (χ4n) is 6.77. The van der Waals surface area contributed by atoms with Crippen molar-refractivity contribution in [2.75, 3.05) is 33.3 Å². The number of likely N-dealkylation sites (tertiary alicyclic amines) is 1. The van der Waals surface area contributed by atoms with Crippen molar-refractivity contribution in [3.05, 3.63) is 82.8 Å². The van der Waals surface area contributed by atoms with E-state index in [4.69, 9.17) is 9.47 Å². The minimum Gasteiger partial charge on any atom is -0.496 e. The molecule has 2 fully saturated rings. The molecule has 0 spiro atoms. The first-order valence-corrected chi connectivity index (χ1v) is 18.3. The van der Waals surface area contributed by atoms with Crippen molar-refractivity contribution in [1.29, 1.82) is 0 Å². The van der Waals surface area contributed by atoms with Gasteiger partial charge in [-0.25, -0.2) is 18.6 Å². The van der Waals surface area contributed by atoms with Crippen LogP contribution in [0.3, 0.4) is 0 Å². The lowest BCUT2D eigenvalue weighted by Gasteiger charge is -2.31. The number of fused-ring (bicyclic) bond motifs is 1. The van der Waals surface area contributed by atoms with Crippen LogP contribution in [-0.4, -0.2) is 89.7 Å². The largest absolute Gasteiger partial charge is 0.496 e. The molecule has 1 aliphatic carbocycles. The van der Waals surface area contributed by atoms with E-state index in [0.29, 0.717) is 42.1 Å². The molecule has 1 saturated carbocycles. The predicted octanol–water partition coefficient (Wildman–Crippen LogP) is 6.38. The standard InChI is InChI=1S/C41H47F2N5O6/c1-24(31-20-32(36(53-5)18-26(31)11-10-25-8-9-25)28-7-6-16-47(22-28)40(52)54-41(2,3)4)45-39(51)35-19-30(43)23-48(35)37(49)21-44-38(50)34-14-12-27-17-29(42)13-15-33(27)46-34/h7,10-15,17-18,20,24-25,30,35H,6,8-9,16,19,21-23H2,1-5H3,(H,44,50)(H,45,51)/b11-10+/t24-,30+,35-/m0/s1. The van der Waals surface area contributed by atoms with Gasteiger partial charge in [0.25, 0.3) is 5.91 Å². The number of benzene rings is 2. The summed E-state index contributed by atoms with van der Waals surface area (Å²) < 4.78 is 39.9. The second kappa shape index (κ2) is 16.0. The highest BCUT2D eigenvalue weighted by Gasteiger charge is 2.40. The Kier molecular flexibility index (Phi) is 11.3. The summed E-state index contributed by atoms with van der Waals surface area (Å²) in [4.78, 5) is 60.1. The molecule has 11 nitrogen and oxygen atoms in total. The quantitative estimate of drug-likeness (QED) is 0.247. The van der Waals surface area contributed by atoms with Crippen molar-refractivity contribution < 1.29 is 37.4 Å². The molecule has 1 saturated heterocycles. The Morgan fingerprint density at radius 2 is 1.87 bits per heavy atom. The number of alkyl halides is 1. The van der Waals surface area contributed by atoms with E-state index in [9.17, 15) is 28.0 Å². The molecule has 0 unspecified atom stereocenters. The molecule has 4 amide bonds. The third-order valence-electron chi connectivity index (χ3n) is 9.71. The van der Waals surface area contributed by atoms with Gasteiger partial charge in [-0.15, -0.1) is 0 Å². The Balaban J connectivity index is 1.17. The Morgan fingerprint density at radius 3 is 2.59 bits per heavy atom. The highest BCUT2D eigenvalue weighted by Crippen LogP contribution is 2.37. The molecular formula is C41H47F2N5O6. The predicted molar refractivity (Wildman–Crippen MR) is 201 cm³/mol. The highest BCUT2D eigenvalue weighted by atomic mass is 19.1. The van der Waals surface area contributed by atoms with Crippen LogP contribution in [0.4, 0.5) is 13.6 Å². The summed E-state index contributed by atoms with van der Waals surface area (Å²) in [6.45, 7) is 7.38. The second-order valence-electron chi connectivity index (χ2n) is 15.1. The summed E-state index contributed by atoms with van der Waals surface area (Å²) in [5, 5.41) is 6.05. The minimum absolute atomic E-state index is 0.0294. The molecule has 2 aromatic carbocycles. The van der Waals surface area contributed by atoms with Gasteiger partial charge >= 0.3 is 6.09 Å². The van der Waals surface area contributed by atoms with Crippen LogP contribution in [0.1, 0.15) is 86.6 Å². The average Bonchev–Trinajstić information content (AvgIpc) is 3.89. The van der Waals surface area contributed by atoms with Crippen molar-refractivity contribution in [3.63, 3.8) is 0 Å². The average molecular weight is 744 g/mol. The maximum atomic E-state index is 14.8. The summed E-state index contributed by atoms with van der Waals surface area (Å²) in [5.74, 6) is -1.09. The minimum atomic E-state index is -1.42. The van der Waals surface area contributed by atoms with Crippen LogP contribution < -0.4 is 15.4 Å². The number of nitrogens with zero attached hydrogens (tertiary/aromatic N) is 3. The number of ether oxygens (including phenoxy) is 2. The van der Waals surface area contributed by atoms with E-state index in [-0.39, 0.29) is 18.7 Å². The van der Waals surface area contributed by atoms with Crippen LogP contribution in [0.15, 0.2) is 54.6 Å². The first kappa shape index (κ1) is 38.4. The van der Waals surface area contributed by atoms with E-state index >= 15 is 0 Å². The van der Waals surface area contributed by atoms with Crippen LogP contribution in [0.5, 0.6) is 5.75 Å². The SMILES string of the molecule is COc1cc(/C=C/C2CC2)c([C@H](C)NC(=O)[C@@H]2C[C@@H](F)CN2C(=O)CNC(=O)c2ccc3cc(F)ccc3n2)cc1C1=CCCN(C(=O)OC(C)(C)C)C1. The lowest BCUT2D eigenvalue weighted by atomic mass is 9.92. The van der Waals surface area contributed by atoms with Gasteiger partial charge in [0.2, 0.25) is 11.8 Å². The number of pyridine rings is 1. The number of hydrogen-bond acceptors (Lipinski definition) is 7. The smallest absolute Gasteiger partial charge is 0.410 e. The highest BCUT2D eigenvalue weighted by molar-refractivity contribution is 5.97. The maximum absolute atomic E-state index is 14.8. The van der Waals surface area contributed by atoms with Crippen LogP contribution in [0.25, 0.3) is 22.6 Å². The van der Waals surface area contributed by atoms with Crippen LogP contribution >= 0.6 is 0 Å². The fourth-order valence-corrected chi connectivity index (χ4v) is 6.77. The van der Waals surface area contributed by atoms with E-state index in [1.807, 2.05) is 45.9 Å². The molecule has 3 atom stereocenters. The lowest BCUT2D eigenvalue weighted by molar-refractivity contribution is -0.138. The molecule has 1 aromatic heterocycles. The molecule has 3 heterocycles. The first-order valence-electron chi connectivity index (χ1n) is 18.3. The molecule has 6 rings (SSSR count). The monoisotopic (exact) mass is 743 g/mol. The van der Waals surface area contributed by atoms with Gasteiger partial charge in [0.1, 0.15) is 35.1 Å². The normalized spacial score (nSPS) is 19.4. The van der Waals surface area contributed by atoms with Crippen molar-refractivity contribution >= 4 is 46.4 Å². The number of carbonyl (C=O) groups excluding carboxylic acids is 4. The zero-order valence-corrected chi connectivity index (χ0v) is 31.3. The second-order valence-corrected chi connectivity index (χ2v) is 15.1. The Morgan fingerprint density at radius 1 is 1.09 bits per heavy atom. The zero-order valence-electron chi connectivity index (χ0n) is 31.3. The van der Waals surface area contributed by atoms with Gasteiger partial charge in [0.05, 0.1) is 31.8 Å². The van der Waals surface area contributed by atoms with E-state index in [0.717, 1.165) is 40.0 Å². The van der Waals surface area contributed by atoms with Gasteiger partial charge in [-0.1, -0.05) is 24.3 Å². The number of nitrogens with one attached hydrogen (secondary N) is 2. The van der Waals surface area contributed by atoms with Crippen LogP contribution in [0, 0.1) is 11.7 Å². The van der Waals surface area contributed by atoms with Gasteiger partial charge < -0.3 is 29.9 Å². The molecule has 54 heavy (non-hydrogen) atoms. The number of halogens is 2. The van der Waals surface area contributed by atoms with Crippen molar-refractivity contribution in [3.8, 4) is 5.75 Å². The Hall–Kier alpha value is -5.33. The summed E-state index contributed by atoms with van der Waals surface area (Å²) in [7, 11) is 1.59. The van der Waals surface area contributed by atoms with Crippen molar-refractivity contribution in [2.24, 2.45) is 5.92 Å². The van der Waals surface area contributed by atoms with E-state index in [1.165, 1.54) is 24.3 Å². The lowest BCUT2D eigenvalue weighted by Crippen LogP contribution is -2.49. The molecule has 13 heteroatoms. The number of rotatable bonds is 10. The first-order chi connectivity index (χ1) is 25.7. The van der Waals surface area contributed by atoms with Crippen molar-refractivity contribution in [1.82, 2.24) is 25.4 Å². The summed E-state index contributed by atoms with van der Waals surface area (Å²) in [6.07, 6.45) is 7.08. The molecule has 2 aliphatic heterocycles. The van der Waals surface area contributed by atoms with Crippen LogP contribution in [0.2, 0.25) is 0 Å². The number of aromatic nitrogens is 1. The van der Waals surface area contributed by atoms with Gasteiger partial charge in [0, 0.05) is 30.5 Å². The maximum Gasteiger partial charge on any atom is 0.410 e. The van der Waals surface area contributed by atoms with E-state index in [2.05, 4.69) is 27.8 Å². The third kappa shape index (κ3) is 9.23. The van der Waals surface area contributed by atoms with Gasteiger partial charge in [-0.2, -0.15) is 0 Å². The molecule has 0 bridgehead atoms. The number of amides is 4. The number of carbonyl (C=O) groups is 4.